The number of methoxy groups -OCH3 is 3. The van der Waals surface area contributed by atoms with Gasteiger partial charge in [0.25, 0.3) is 11.6 Å². The molecule has 2 aromatic rings. The van der Waals surface area contributed by atoms with E-state index in [-0.39, 0.29) is 11.6 Å². The summed E-state index contributed by atoms with van der Waals surface area (Å²) in [6.45, 7) is 0.382. The molecule has 0 atom stereocenters. The zero-order chi connectivity index (χ0) is 19.1. The summed E-state index contributed by atoms with van der Waals surface area (Å²) in [6.07, 6.45) is 0.550. The molecule has 1 amide bonds. The van der Waals surface area contributed by atoms with Gasteiger partial charge < -0.3 is 19.5 Å². The second-order valence-electron chi connectivity index (χ2n) is 5.34. The molecule has 1 N–H and O–H groups in total. The number of non-ortho nitro benzene ring substituents is 1. The van der Waals surface area contributed by atoms with Crippen LogP contribution in [0.25, 0.3) is 0 Å². The van der Waals surface area contributed by atoms with Gasteiger partial charge in [-0.25, -0.2) is 0 Å². The fourth-order valence-electron chi connectivity index (χ4n) is 2.42. The molecule has 0 saturated heterocycles. The lowest BCUT2D eigenvalue weighted by Gasteiger charge is -2.14. The molecule has 0 aliphatic carbocycles. The van der Waals surface area contributed by atoms with E-state index in [4.69, 9.17) is 14.2 Å². The first-order valence-corrected chi connectivity index (χ1v) is 7.81. The van der Waals surface area contributed by atoms with Gasteiger partial charge in [-0.2, -0.15) is 0 Å². The van der Waals surface area contributed by atoms with Gasteiger partial charge in [-0.05, 0) is 24.1 Å². The molecule has 0 bridgehead atoms. The largest absolute Gasteiger partial charge is 0.493 e. The van der Waals surface area contributed by atoms with E-state index in [2.05, 4.69) is 5.32 Å². The normalized spacial score (nSPS) is 10.1. The monoisotopic (exact) mass is 360 g/mol. The summed E-state index contributed by atoms with van der Waals surface area (Å²) in [5.74, 6) is 0.920. The zero-order valence-corrected chi connectivity index (χ0v) is 14.8. The first kappa shape index (κ1) is 19.0. The summed E-state index contributed by atoms with van der Waals surface area (Å²) >= 11 is 0. The van der Waals surface area contributed by atoms with Crippen LogP contribution in [-0.4, -0.2) is 38.7 Å². The third kappa shape index (κ3) is 4.41. The third-order valence-corrected chi connectivity index (χ3v) is 3.77. The van der Waals surface area contributed by atoms with Crippen molar-refractivity contribution in [3.8, 4) is 17.2 Å². The summed E-state index contributed by atoms with van der Waals surface area (Å²) in [5, 5.41) is 13.4. The van der Waals surface area contributed by atoms with Gasteiger partial charge in [0.05, 0.1) is 26.3 Å². The Kier molecular flexibility index (Phi) is 6.37. The lowest BCUT2D eigenvalue weighted by Crippen LogP contribution is -2.25. The standard InChI is InChI=1S/C18H20N2O6/c1-24-15-10-13(11-16(25-2)17(15)26-3)18(21)19-9-8-12-4-6-14(7-5-12)20(22)23/h4-7,10-11H,8-9H2,1-3H3,(H,19,21). The fraction of sp³-hybridized carbons (Fsp3) is 0.278. The average molecular weight is 360 g/mol. The first-order chi connectivity index (χ1) is 12.5. The van der Waals surface area contributed by atoms with Crippen LogP contribution in [0.5, 0.6) is 17.2 Å². The molecule has 0 heterocycles. The average Bonchev–Trinajstić information content (AvgIpc) is 2.66. The summed E-state index contributed by atoms with van der Waals surface area (Å²) in [5.41, 5.74) is 1.30. The van der Waals surface area contributed by atoms with Crippen molar-refractivity contribution in [3.63, 3.8) is 0 Å². The van der Waals surface area contributed by atoms with E-state index in [0.29, 0.717) is 35.8 Å². The van der Waals surface area contributed by atoms with Crippen molar-refractivity contribution in [2.45, 2.75) is 6.42 Å². The molecule has 2 aromatic carbocycles. The maximum atomic E-state index is 12.4. The predicted octanol–water partition coefficient (Wildman–Crippen LogP) is 2.59. The lowest BCUT2D eigenvalue weighted by molar-refractivity contribution is -0.384. The predicted molar refractivity (Wildman–Crippen MR) is 95.2 cm³/mol. The highest BCUT2D eigenvalue weighted by molar-refractivity contribution is 5.95. The van der Waals surface area contributed by atoms with Crippen LogP contribution in [0, 0.1) is 10.1 Å². The second kappa shape index (κ2) is 8.70. The van der Waals surface area contributed by atoms with Crippen LogP contribution in [0.3, 0.4) is 0 Å². The number of nitrogens with one attached hydrogen (secondary N) is 1. The molecular formula is C18H20N2O6. The van der Waals surface area contributed by atoms with Crippen LogP contribution in [0.1, 0.15) is 15.9 Å². The number of nitro groups is 1. The van der Waals surface area contributed by atoms with E-state index in [1.807, 2.05) is 0 Å². The smallest absolute Gasteiger partial charge is 0.269 e. The van der Waals surface area contributed by atoms with Crippen molar-refractivity contribution in [1.29, 1.82) is 0 Å². The number of hydrogen-bond donors (Lipinski definition) is 1. The maximum Gasteiger partial charge on any atom is 0.269 e. The number of ether oxygens (including phenoxy) is 3. The Labute approximate surface area is 150 Å². The highest BCUT2D eigenvalue weighted by atomic mass is 16.6. The number of hydrogen-bond acceptors (Lipinski definition) is 6. The summed E-state index contributed by atoms with van der Waals surface area (Å²) in [4.78, 5) is 22.6. The Morgan fingerprint density at radius 3 is 2.08 bits per heavy atom. The Hall–Kier alpha value is -3.29. The Morgan fingerprint density at radius 1 is 1.04 bits per heavy atom. The minimum atomic E-state index is -0.448. The molecule has 0 aliphatic heterocycles. The number of nitro benzene ring substituents is 1. The molecule has 0 unspecified atom stereocenters. The van der Waals surface area contributed by atoms with Crippen LogP contribution in [0.15, 0.2) is 36.4 Å². The van der Waals surface area contributed by atoms with Gasteiger partial charge in [-0.3, -0.25) is 14.9 Å². The molecule has 8 nitrogen and oxygen atoms in total. The number of rotatable bonds is 8. The van der Waals surface area contributed by atoms with E-state index in [1.165, 1.54) is 33.5 Å². The molecule has 0 saturated carbocycles. The first-order valence-electron chi connectivity index (χ1n) is 7.81. The summed E-state index contributed by atoms with van der Waals surface area (Å²) in [6, 6.07) is 9.37. The number of nitrogens with zero attached hydrogens (tertiary/aromatic N) is 1. The third-order valence-electron chi connectivity index (χ3n) is 3.77. The van der Waals surface area contributed by atoms with E-state index < -0.39 is 4.92 Å². The van der Waals surface area contributed by atoms with Crippen LogP contribution in [0.2, 0.25) is 0 Å². The van der Waals surface area contributed by atoms with E-state index in [0.717, 1.165) is 5.56 Å². The van der Waals surface area contributed by atoms with Crippen molar-refractivity contribution in [2.75, 3.05) is 27.9 Å². The van der Waals surface area contributed by atoms with Crippen molar-refractivity contribution in [2.24, 2.45) is 0 Å². The van der Waals surface area contributed by atoms with Gasteiger partial charge in [-0.15, -0.1) is 0 Å². The van der Waals surface area contributed by atoms with Gasteiger partial charge in [0.2, 0.25) is 5.75 Å². The lowest BCUT2D eigenvalue weighted by atomic mass is 10.1. The van der Waals surface area contributed by atoms with Crippen molar-refractivity contribution >= 4 is 11.6 Å². The molecule has 138 valence electrons. The maximum absolute atomic E-state index is 12.4. The van der Waals surface area contributed by atoms with E-state index in [9.17, 15) is 14.9 Å². The van der Waals surface area contributed by atoms with Gasteiger partial charge in [-0.1, -0.05) is 12.1 Å². The number of amides is 1. The molecule has 0 radical (unpaired) electrons. The topological polar surface area (TPSA) is 99.9 Å². The molecule has 2 rings (SSSR count). The molecule has 0 fully saturated rings. The second-order valence-corrected chi connectivity index (χ2v) is 5.34. The van der Waals surface area contributed by atoms with Crippen LogP contribution in [-0.2, 0) is 6.42 Å². The zero-order valence-electron chi connectivity index (χ0n) is 14.8. The fourth-order valence-corrected chi connectivity index (χ4v) is 2.42. The molecular weight excluding hydrogens is 340 g/mol. The highest BCUT2D eigenvalue weighted by Gasteiger charge is 2.16. The number of carbonyl (C=O) groups excluding carboxylic acids is 1. The van der Waals surface area contributed by atoms with Gasteiger partial charge in [0, 0.05) is 24.2 Å². The number of carbonyl (C=O) groups is 1. The van der Waals surface area contributed by atoms with Gasteiger partial charge in [0.1, 0.15) is 0 Å². The molecule has 0 spiro atoms. The summed E-state index contributed by atoms with van der Waals surface area (Å²) < 4.78 is 15.7. The van der Waals surface area contributed by atoms with Crippen LogP contribution in [0.4, 0.5) is 5.69 Å². The van der Waals surface area contributed by atoms with Gasteiger partial charge >= 0.3 is 0 Å². The van der Waals surface area contributed by atoms with Gasteiger partial charge in [0.15, 0.2) is 11.5 Å². The number of benzene rings is 2. The minimum Gasteiger partial charge on any atom is -0.493 e. The van der Waals surface area contributed by atoms with Crippen LogP contribution < -0.4 is 19.5 Å². The molecule has 0 aliphatic rings. The summed E-state index contributed by atoms with van der Waals surface area (Å²) in [7, 11) is 4.45. The Bertz CT molecular complexity index is 764. The SMILES string of the molecule is COc1cc(C(=O)NCCc2ccc([N+](=O)[O-])cc2)cc(OC)c1OC. The Balaban J connectivity index is 2.02. The quantitative estimate of drug-likeness (QED) is 0.574. The highest BCUT2D eigenvalue weighted by Crippen LogP contribution is 2.38. The minimum absolute atomic E-state index is 0.0372. The van der Waals surface area contributed by atoms with Crippen molar-refractivity contribution in [3.05, 3.63) is 57.6 Å². The molecule has 26 heavy (non-hydrogen) atoms. The Morgan fingerprint density at radius 2 is 1.62 bits per heavy atom. The van der Waals surface area contributed by atoms with E-state index in [1.54, 1.807) is 24.3 Å². The van der Waals surface area contributed by atoms with E-state index >= 15 is 0 Å². The van der Waals surface area contributed by atoms with Crippen LogP contribution >= 0.6 is 0 Å². The molecule has 0 aromatic heterocycles. The van der Waals surface area contributed by atoms with Crippen molar-refractivity contribution < 1.29 is 23.9 Å². The van der Waals surface area contributed by atoms with Crippen molar-refractivity contribution in [1.82, 2.24) is 5.32 Å². The molecule has 8 heteroatoms.